The molecule has 0 spiro atoms. The van der Waals surface area contributed by atoms with Crippen LogP contribution in [0.1, 0.15) is 60.4 Å². The van der Waals surface area contributed by atoms with E-state index in [1.165, 1.54) is 65.4 Å². The third-order valence-corrected chi connectivity index (χ3v) is 6.65. The SMILES string of the molecule is Cc1ccc2c(n1)oc1c(-c3cc(C4CCCCC4)cc[n+]3C)c(C)cc(C)c12. The predicted molar refractivity (Wildman–Crippen MR) is 118 cm³/mol. The molecule has 3 heterocycles. The van der Waals surface area contributed by atoms with Crippen LogP contribution < -0.4 is 4.57 Å². The molecule has 0 atom stereocenters. The summed E-state index contributed by atoms with van der Waals surface area (Å²) in [7, 11) is 2.14. The zero-order valence-corrected chi connectivity index (χ0v) is 17.9. The lowest BCUT2D eigenvalue weighted by atomic mass is 9.84. The van der Waals surface area contributed by atoms with E-state index in [1.807, 2.05) is 6.92 Å². The van der Waals surface area contributed by atoms with Gasteiger partial charge in [-0.15, -0.1) is 0 Å². The van der Waals surface area contributed by atoms with Crippen molar-refractivity contribution in [1.82, 2.24) is 4.98 Å². The summed E-state index contributed by atoms with van der Waals surface area (Å²) in [6, 6.07) is 11.2. The average Bonchev–Trinajstić information content (AvgIpc) is 3.08. The standard InChI is InChI=1S/C26H29N2O/c1-16-14-17(2)24(25-23(16)21-11-10-18(3)27-26(21)29-25)22-15-20(12-13-28(22)4)19-8-6-5-7-9-19/h10-15,19H,5-9H2,1-4H3/q+1. The summed E-state index contributed by atoms with van der Waals surface area (Å²) in [6.07, 6.45) is 8.92. The molecule has 1 fully saturated rings. The first-order valence-corrected chi connectivity index (χ1v) is 10.8. The molecule has 0 radical (unpaired) electrons. The molecule has 1 saturated carbocycles. The van der Waals surface area contributed by atoms with Gasteiger partial charge in [0.1, 0.15) is 7.05 Å². The first-order valence-electron chi connectivity index (χ1n) is 10.8. The van der Waals surface area contributed by atoms with Crippen LogP contribution in [0.5, 0.6) is 0 Å². The maximum atomic E-state index is 6.40. The number of rotatable bonds is 2. The summed E-state index contributed by atoms with van der Waals surface area (Å²) in [4.78, 5) is 4.66. The van der Waals surface area contributed by atoms with Gasteiger partial charge in [-0.05, 0) is 68.4 Å². The summed E-state index contributed by atoms with van der Waals surface area (Å²) >= 11 is 0. The number of hydrogen-bond acceptors (Lipinski definition) is 2. The number of aryl methyl sites for hydroxylation is 4. The molecule has 148 valence electrons. The Morgan fingerprint density at radius 2 is 1.76 bits per heavy atom. The van der Waals surface area contributed by atoms with Gasteiger partial charge in [-0.3, -0.25) is 0 Å². The van der Waals surface area contributed by atoms with Crippen molar-refractivity contribution in [2.75, 3.05) is 0 Å². The van der Waals surface area contributed by atoms with Crippen molar-refractivity contribution in [3.63, 3.8) is 0 Å². The van der Waals surface area contributed by atoms with Gasteiger partial charge < -0.3 is 4.42 Å². The van der Waals surface area contributed by atoms with E-state index in [0.29, 0.717) is 5.92 Å². The van der Waals surface area contributed by atoms with E-state index in [2.05, 4.69) is 67.0 Å². The van der Waals surface area contributed by atoms with E-state index in [9.17, 15) is 0 Å². The number of pyridine rings is 2. The van der Waals surface area contributed by atoms with Crippen molar-refractivity contribution in [2.24, 2.45) is 7.05 Å². The van der Waals surface area contributed by atoms with Gasteiger partial charge in [0.25, 0.3) is 0 Å². The average molecular weight is 386 g/mol. The molecule has 0 amide bonds. The van der Waals surface area contributed by atoms with Crippen LogP contribution in [0.4, 0.5) is 0 Å². The van der Waals surface area contributed by atoms with Crippen LogP contribution in [0, 0.1) is 20.8 Å². The molecule has 0 bridgehead atoms. The molecule has 1 aromatic carbocycles. The Labute approximate surface area is 172 Å². The first-order chi connectivity index (χ1) is 14.0. The molecule has 0 unspecified atom stereocenters. The zero-order chi connectivity index (χ0) is 20.1. The molecule has 4 aromatic rings. The molecule has 3 aromatic heterocycles. The summed E-state index contributed by atoms with van der Waals surface area (Å²) in [6.45, 7) is 6.38. The quantitative estimate of drug-likeness (QED) is 0.371. The molecule has 3 heteroatoms. The number of fused-ring (bicyclic) bond motifs is 3. The molecule has 1 aliphatic rings. The normalized spacial score (nSPS) is 15.4. The molecule has 0 saturated heterocycles. The van der Waals surface area contributed by atoms with Crippen molar-refractivity contribution in [1.29, 1.82) is 0 Å². The molecule has 3 nitrogen and oxygen atoms in total. The largest absolute Gasteiger partial charge is 0.437 e. The number of aromatic nitrogens is 2. The van der Waals surface area contributed by atoms with Gasteiger partial charge in [-0.25, -0.2) is 9.55 Å². The van der Waals surface area contributed by atoms with E-state index in [0.717, 1.165) is 22.4 Å². The molecule has 0 N–H and O–H groups in total. The zero-order valence-electron chi connectivity index (χ0n) is 17.9. The molecule has 5 rings (SSSR count). The van der Waals surface area contributed by atoms with E-state index >= 15 is 0 Å². The fourth-order valence-corrected chi connectivity index (χ4v) is 5.13. The number of hydrogen-bond donors (Lipinski definition) is 0. The molecule has 29 heavy (non-hydrogen) atoms. The molecule has 1 aliphatic carbocycles. The highest BCUT2D eigenvalue weighted by Gasteiger charge is 2.25. The maximum absolute atomic E-state index is 6.40. The van der Waals surface area contributed by atoms with Crippen LogP contribution in [-0.4, -0.2) is 4.98 Å². The Hall–Kier alpha value is -2.68. The highest BCUT2D eigenvalue weighted by Crippen LogP contribution is 2.40. The van der Waals surface area contributed by atoms with Crippen molar-refractivity contribution >= 4 is 22.1 Å². The van der Waals surface area contributed by atoms with Gasteiger partial charge in [-0.1, -0.05) is 25.3 Å². The number of furan rings is 1. The van der Waals surface area contributed by atoms with Crippen LogP contribution in [0.15, 0.2) is 40.9 Å². The summed E-state index contributed by atoms with van der Waals surface area (Å²) in [5, 5.41) is 2.30. The van der Waals surface area contributed by atoms with Crippen molar-refractivity contribution in [2.45, 2.75) is 58.8 Å². The van der Waals surface area contributed by atoms with Gasteiger partial charge in [0.2, 0.25) is 11.4 Å². The lowest BCUT2D eigenvalue weighted by molar-refractivity contribution is -0.660. The Bertz CT molecular complexity index is 1230. The Kier molecular flexibility index (Phi) is 4.42. The smallest absolute Gasteiger partial charge is 0.227 e. The van der Waals surface area contributed by atoms with Crippen LogP contribution >= 0.6 is 0 Å². The van der Waals surface area contributed by atoms with Gasteiger partial charge >= 0.3 is 0 Å². The number of benzene rings is 1. The fraction of sp³-hybridized carbons (Fsp3) is 0.385. The second kappa shape index (κ2) is 6.98. The Balaban J connectivity index is 1.77. The monoisotopic (exact) mass is 385 g/mol. The second-order valence-corrected chi connectivity index (χ2v) is 8.79. The van der Waals surface area contributed by atoms with Crippen molar-refractivity contribution < 1.29 is 8.98 Å². The van der Waals surface area contributed by atoms with Crippen LogP contribution in [-0.2, 0) is 7.05 Å². The summed E-state index contributed by atoms with van der Waals surface area (Å²) in [5.74, 6) is 0.685. The van der Waals surface area contributed by atoms with Crippen LogP contribution in [0.2, 0.25) is 0 Å². The third-order valence-electron chi connectivity index (χ3n) is 6.65. The Morgan fingerprint density at radius 3 is 2.55 bits per heavy atom. The van der Waals surface area contributed by atoms with E-state index in [-0.39, 0.29) is 0 Å². The molecular weight excluding hydrogens is 356 g/mol. The summed E-state index contributed by atoms with van der Waals surface area (Å²) in [5.41, 5.74) is 9.08. The topological polar surface area (TPSA) is 29.9 Å². The molecule has 0 aliphatic heterocycles. The minimum absolute atomic E-state index is 0.685. The van der Waals surface area contributed by atoms with Crippen molar-refractivity contribution in [3.8, 4) is 11.3 Å². The van der Waals surface area contributed by atoms with E-state index in [1.54, 1.807) is 0 Å². The molecular formula is C26H29N2O+. The maximum Gasteiger partial charge on any atom is 0.227 e. The van der Waals surface area contributed by atoms with Crippen LogP contribution in [0.25, 0.3) is 33.3 Å². The minimum atomic E-state index is 0.685. The minimum Gasteiger partial charge on any atom is -0.437 e. The van der Waals surface area contributed by atoms with Gasteiger partial charge in [0, 0.05) is 28.6 Å². The lowest BCUT2D eigenvalue weighted by Gasteiger charge is -2.22. The highest BCUT2D eigenvalue weighted by molar-refractivity contribution is 6.10. The fourth-order valence-electron chi connectivity index (χ4n) is 5.13. The van der Waals surface area contributed by atoms with Crippen LogP contribution in [0.3, 0.4) is 0 Å². The Morgan fingerprint density at radius 1 is 0.966 bits per heavy atom. The predicted octanol–water partition coefficient (Wildman–Crippen LogP) is 6.45. The summed E-state index contributed by atoms with van der Waals surface area (Å²) < 4.78 is 8.63. The number of nitrogens with zero attached hydrogens (tertiary/aromatic N) is 2. The van der Waals surface area contributed by atoms with Gasteiger partial charge in [0.15, 0.2) is 11.8 Å². The highest BCUT2D eigenvalue weighted by atomic mass is 16.3. The van der Waals surface area contributed by atoms with E-state index < -0.39 is 0 Å². The van der Waals surface area contributed by atoms with Gasteiger partial charge in [-0.2, -0.15) is 0 Å². The van der Waals surface area contributed by atoms with Crippen molar-refractivity contribution in [3.05, 3.63) is 58.9 Å². The lowest BCUT2D eigenvalue weighted by Crippen LogP contribution is -2.31. The third kappa shape index (κ3) is 3.04. The first kappa shape index (κ1) is 18.4. The van der Waals surface area contributed by atoms with Gasteiger partial charge in [0.05, 0.1) is 5.56 Å². The second-order valence-electron chi connectivity index (χ2n) is 8.79. The van der Waals surface area contributed by atoms with E-state index in [4.69, 9.17) is 4.42 Å².